The molecule has 0 fully saturated rings. The standard InChI is InChI=1S/C54H35N/c1-3-16-36(17-4-1)39-32-40(37-18-5-2-6-19-37)34-41(33-39)43-27-15-26-42(54(43)55-52-28-13-11-24-49(52)50-25-12-14-29-53(50)55)38-30-31-48-46-22-8-7-20-44(46)45-21-9-10-23-47(45)51(48)35-38/h1-35H. The Bertz CT molecular complexity index is 3100. The summed E-state index contributed by atoms with van der Waals surface area (Å²) in [7, 11) is 0. The van der Waals surface area contributed by atoms with Crippen molar-refractivity contribution in [2.24, 2.45) is 0 Å². The zero-order chi connectivity index (χ0) is 36.3. The monoisotopic (exact) mass is 697 g/mol. The highest BCUT2D eigenvalue weighted by Gasteiger charge is 2.21. The van der Waals surface area contributed by atoms with Crippen LogP contribution < -0.4 is 0 Å². The van der Waals surface area contributed by atoms with Crippen molar-refractivity contribution in [3.63, 3.8) is 0 Å². The Morgan fingerprint density at radius 1 is 0.218 bits per heavy atom. The maximum atomic E-state index is 2.51. The van der Waals surface area contributed by atoms with Crippen LogP contribution in [-0.2, 0) is 0 Å². The molecule has 0 radical (unpaired) electrons. The fraction of sp³-hybridized carbons (Fsp3) is 0. The van der Waals surface area contributed by atoms with Gasteiger partial charge in [0, 0.05) is 21.9 Å². The second-order valence-corrected chi connectivity index (χ2v) is 14.5. The maximum Gasteiger partial charge on any atom is 0.0618 e. The molecule has 0 N–H and O–H groups in total. The fourth-order valence-corrected chi connectivity index (χ4v) is 8.87. The van der Waals surface area contributed by atoms with Gasteiger partial charge in [0.25, 0.3) is 0 Å². The number of hydrogen-bond donors (Lipinski definition) is 0. The third-order valence-corrected chi connectivity index (χ3v) is 11.4. The number of hydrogen-bond acceptors (Lipinski definition) is 0. The summed E-state index contributed by atoms with van der Waals surface area (Å²) in [5.74, 6) is 0. The quantitative estimate of drug-likeness (QED) is 0.158. The lowest BCUT2D eigenvalue weighted by atomic mass is 9.89. The molecule has 1 heterocycles. The second-order valence-electron chi connectivity index (χ2n) is 14.5. The third-order valence-electron chi connectivity index (χ3n) is 11.4. The third kappa shape index (κ3) is 5.09. The molecular weight excluding hydrogens is 663 g/mol. The molecule has 0 aliphatic rings. The molecule has 0 aliphatic heterocycles. The summed E-state index contributed by atoms with van der Waals surface area (Å²) in [5.41, 5.74) is 13.1. The van der Waals surface area contributed by atoms with E-state index in [4.69, 9.17) is 0 Å². The van der Waals surface area contributed by atoms with Gasteiger partial charge in [0.1, 0.15) is 0 Å². The Morgan fingerprint density at radius 2 is 0.618 bits per heavy atom. The predicted octanol–water partition coefficient (Wildman–Crippen LogP) is 14.9. The van der Waals surface area contributed by atoms with Gasteiger partial charge in [0.15, 0.2) is 0 Å². The minimum Gasteiger partial charge on any atom is -0.308 e. The van der Waals surface area contributed by atoms with Gasteiger partial charge in [0.2, 0.25) is 0 Å². The first-order valence-electron chi connectivity index (χ1n) is 19.0. The number of aromatic nitrogens is 1. The molecule has 10 aromatic carbocycles. The van der Waals surface area contributed by atoms with Crippen molar-refractivity contribution in [3.8, 4) is 50.2 Å². The number of benzene rings is 10. The van der Waals surface area contributed by atoms with Gasteiger partial charge in [-0.05, 0) is 102 Å². The van der Waals surface area contributed by atoms with Crippen molar-refractivity contribution in [2.75, 3.05) is 0 Å². The molecule has 1 aromatic heterocycles. The summed E-state index contributed by atoms with van der Waals surface area (Å²) in [5, 5.41) is 10.2. The van der Waals surface area contributed by atoms with Crippen LogP contribution in [0.4, 0.5) is 0 Å². The van der Waals surface area contributed by atoms with Gasteiger partial charge in [-0.2, -0.15) is 0 Å². The molecular formula is C54H35N. The van der Waals surface area contributed by atoms with E-state index in [-0.39, 0.29) is 0 Å². The summed E-state index contributed by atoms with van der Waals surface area (Å²) in [6.45, 7) is 0. The molecule has 0 spiro atoms. The van der Waals surface area contributed by atoms with E-state index in [1.54, 1.807) is 0 Å². The van der Waals surface area contributed by atoms with Crippen LogP contribution in [0.2, 0.25) is 0 Å². The summed E-state index contributed by atoms with van der Waals surface area (Å²) in [4.78, 5) is 0. The number of rotatable bonds is 5. The van der Waals surface area contributed by atoms with E-state index in [9.17, 15) is 0 Å². The van der Waals surface area contributed by atoms with Gasteiger partial charge in [-0.1, -0.05) is 176 Å². The fourth-order valence-electron chi connectivity index (χ4n) is 8.87. The normalized spacial score (nSPS) is 11.6. The van der Waals surface area contributed by atoms with Crippen LogP contribution in [0, 0.1) is 0 Å². The molecule has 0 saturated heterocycles. The minimum atomic E-state index is 1.17. The first-order valence-corrected chi connectivity index (χ1v) is 19.0. The molecule has 1 heteroatoms. The zero-order valence-corrected chi connectivity index (χ0v) is 30.2. The summed E-state index contributed by atoms with van der Waals surface area (Å²) in [6, 6.07) is 77.9. The smallest absolute Gasteiger partial charge is 0.0618 e. The van der Waals surface area contributed by atoms with Crippen LogP contribution in [0.1, 0.15) is 0 Å². The molecule has 11 aromatic rings. The Hall–Kier alpha value is -7.22. The van der Waals surface area contributed by atoms with Crippen LogP contribution in [0.3, 0.4) is 0 Å². The zero-order valence-electron chi connectivity index (χ0n) is 30.2. The lowest BCUT2D eigenvalue weighted by Crippen LogP contribution is -2.01. The predicted molar refractivity (Wildman–Crippen MR) is 235 cm³/mol. The highest BCUT2D eigenvalue weighted by atomic mass is 15.0. The molecule has 11 rings (SSSR count). The first kappa shape index (κ1) is 31.3. The van der Waals surface area contributed by atoms with Crippen LogP contribution in [-0.4, -0.2) is 4.57 Å². The average molecular weight is 698 g/mol. The number of nitrogens with zero attached hydrogens (tertiary/aromatic N) is 1. The molecule has 0 saturated carbocycles. The van der Waals surface area contributed by atoms with E-state index in [1.807, 2.05) is 0 Å². The molecule has 0 amide bonds. The Morgan fingerprint density at radius 3 is 1.15 bits per heavy atom. The maximum absolute atomic E-state index is 2.51. The summed E-state index contributed by atoms with van der Waals surface area (Å²) in [6.07, 6.45) is 0. The van der Waals surface area contributed by atoms with Gasteiger partial charge in [-0.15, -0.1) is 0 Å². The van der Waals surface area contributed by atoms with Gasteiger partial charge >= 0.3 is 0 Å². The largest absolute Gasteiger partial charge is 0.308 e. The van der Waals surface area contributed by atoms with E-state index >= 15 is 0 Å². The summed E-state index contributed by atoms with van der Waals surface area (Å²) >= 11 is 0. The van der Waals surface area contributed by atoms with E-state index < -0.39 is 0 Å². The van der Waals surface area contributed by atoms with E-state index in [0.717, 1.165) is 0 Å². The molecule has 55 heavy (non-hydrogen) atoms. The molecule has 256 valence electrons. The molecule has 0 unspecified atom stereocenters. The van der Waals surface area contributed by atoms with Gasteiger partial charge < -0.3 is 4.57 Å². The van der Waals surface area contributed by atoms with Crippen molar-refractivity contribution in [2.45, 2.75) is 0 Å². The average Bonchev–Trinajstić information content (AvgIpc) is 3.60. The number of para-hydroxylation sites is 3. The summed E-state index contributed by atoms with van der Waals surface area (Å²) < 4.78 is 2.51. The number of fused-ring (bicyclic) bond motifs is 9. The van der Waals surface area contributed by atoms with Crippen LogP contribution in [0.25, 0.3) is 104 Å². The van der Waals surface area contributed by atoms with Crippen LogP contribution >= 0.6 is 0 Å². The topological polar surface area (TPSA) is 4.93 Å². The molecule has 0 atom stereocenters. The van der Waals surface area contributed by atoms with E-state index in [2.05, 4.69) is 217 Å². The first-order chi connectivity index (χ1) is 27.3. The Kier molecular flexibility index (Phi) is 7.25. The lowest BCUT2D eigenvalue weighted by Gasteiger charge is -2.21. The van der Waals surface area contributed by atoms with Crippen LogP contribution in [0.15, 0.2) is 212 Å². The van der Waals surface area contributed by atoms with Gasteiger partial charge in [0.05, 0.1) is 16.7 Å². The highest BCUT2D eigenvalue weighted by Crippen LogP contribution is 2.44. The SMILES string of the molecule is c1ccc(-c2cc(-c3ccccc3)cc(-c3cccc(-c4ccc5c6ccccc6c6ccccc6c5c4)c3-n3c4ccccc4c4ccccc43)c2)cc1. The molecule has 1 nitrogen and oxygen atoms in total. The van der Waals surface area contributed by atoms with Crippen LogP contribution in [0.5, 0.6) is 0 Å². The van der Waals surface area contributed by atoms with Crippen molar-refractivity contribution >= 4 is 54.1 Å². The van der Waals surface area contributed by atoms with E-state index in [0.29, 0.717) is 0 Å². The molecule has 0 aliphatic carbocycles. The Labute approximate surface area is 320 Å². The lowest BCUT2D eigenvalue weighted by molar-refractivity contribution is 1.18. The van der Waals surface area contributed by atoms with Crippen molar-refractivity contribution < 1.29 is 0 Å². The minimum absolute atomic E-state index is 1.17. The Balaban J connectivity index is 1.26. The molecule has 0 bridgehead atoms. The van der Waals surface area contributed by atoms with Gasteiger partial charge in [-0.25, -0.2) is 0 Å². The van der Waals surface area contributed by atoms with Crippen molar-refractivity contribution in [1.82, 2.24) is 4.57 Å². The second kappa shape index (κ2) is 12.7. The van der Waals surface area contributed by atoms with Gasteiger partial charge in [-0.3, -0.25) is 0 Å². The highest BCUT2D eigenvalue weighted by molar-refractivity contribution is 6.26. The van der Waals surface area contributed by atoms with E-state index in [1.165, 1.54) is 104 Å². The van der Waals surface area contributed by atoms with Crippen molar-refractivity contribution in [3.05, 3.63) is 212 Å². The van der Waals surface area contributed by atoms with Crippen molar-refractivity contribution in [1.29, 1.82) is 0 Å².